The summed E-state index contributed by atoms with van der Waals surface area (Å²) in [4.78, 5) is 25.7. The second kappa shape index (κ2) is 8.16. The van der Waals surface area contributed by atoms with E-state index in [-0.39, 0.29) is 19.1 Å². The Morgan fingerprint density at radius 2 is 2.08 bits per heavy atom. The highest BCUT2D eigenvalue weighted by Crippen LogP contribution is 2.35. The van der Waals surface area contributed by atoms with Crippen molar-refractivity contribution < 1.29 is 23.8 Å². The van der Waals surface area contributed by atoms with Crippen LogP contribution in [0.1, 0.15) is 12.5 Å². The molecular weight excluding hydrogens is 350 g/mol. The first-order valence-corrected chi connectivity index (χ1v) is 8.35. The number of hydrogen-bond acceptors (Lipinski definition) is 7. The van der Waals surface area contributed by atoms with Gasteiger partial charge in [-0.05, 0) is 25.1 Å². The molecule has 0 spiro atoms. The van der Waals surface area contributed by atoms with Crippen molar-refractivity contribution in [1.82, 2.24) is 4.90 Å². The predicted molar refractivity (Wildman–Crippen MR) is 96.1 cm³/mol. The normalized spacial score (nSPS) is 15.8. The summed E-state index contributed by atoms with van der Waals surface area (Å²) < 4.78 is 15.7. The number of thiocarbonyl (C=S) groups is 1. The van der Waals surface area contributed by atoms with Gasteiger partial charge in [0.25, 0.3) is 5.91 Å². The molecule has 0 saturated carbocycles. The minimum Gasteiger partial charge on any atom is -0.497 e. The van der Waals surface area contributed by atoms with E-state index in [0.717, 1.165) is 17.3 Å². The Morgan fingerprint density at radius 1 is 1.33 bits per heavy atom. The number of thioether (sulfide) groups is 1. The van der Waals surface area contributed by atoms with E-state index in [9.17, 15) is 9.59 Å². The Bertz CT molecular complexity index is 702. The van der Waals surface area contributed by atoms with Crippen molar-refractivity contribution in [3.8, 4) is 11.5 Å². The van der Waals surface area contributed by atoms with Crippen molar-refractivity contribution in [1.29, 1.82) is 0 Å². The van der Waals surface area contributed by atoms with E-state index in [1.54, 1.807) is 38.3 Å². The second-order valence-electron chi connectivity index (χ2n) is 4.68. The number of rotatable bonds is 6. The van der Waals surface area contributed by atoms with Gasteiger partial charge in [-0.15, -0.1) is 0 Å². The molecule has 1 aliphatic heterocycles. The maximum atomic E-state index is 12.5. The molecule has 0 aromatic heterocycles. The lowest BCUT2D eigenvalue weighted by Crippen LogP contribution is -2.34. The van der Waals surface area contributed by atoms with Gasteiger partial charge >= 0.3 is 5.97 Å². The minimum absolute atomic E-state index is 0.185. The van der Waals surface area contributed by atoms with Gasteiger partial charge in [0.15, 0.2) is 0 Å². The summed E-state index contributed by atoms with van der Waals surface area (Å²) in [6, 6.07) is 5.29. The van der Waals surface area contributed by atoms with E-state index >= 15 is 0 Å². The molecule has 1 fully saturated rings. The van der Waals surface area contributed by atoms with Crippen LogP contribution in [-0.4, -0.2) is 48.5 Å². The number of hydrogen-bond donors (Lipinski definition) is 0. The Morgan fingerprint density at radius 3 is 2.71 bits per heavy atom. The first-order chi connectivity index (χ1) is 11.5. The largest absolute Gasteiger partial charge is 0.497 e. The first kappa shape index (κ1) is 18.3. The molecule has 0 unspecified atom stereocenters. The number of nitrogens with zero attached hydrogens (tertiary/aromatic N) is 1. The highest BCUT2D eigenvalue weighted by molar-refractivity contribution is 8.26. The van der Waals surface area contributed by atoms with Gasteiger partial charge in [-0.25, -0.2) is 0 Å². The van der Waals surface area contributed by atoms with Crippen molar-refractivity contribution in [2.24, 2.45) is 0 Å². The number of carbonyl (C=O) groups is 2. The van der Waals surface area contributed by atoms with E-state index < -0.39 is 5.97 Å². The fourth-order valence-electron chi connectivity index (χ4n) is 2.05. The molecule has 1 aromatic rings. The molecule has 1 heterocycles. The second-order valence-corrected chi connectivity index (χ2v) is 6.36. The highest BCUT2D eigenvalue weighted by Gasteiger charge is 2.33. The SMILES string of the molecule is CCOC(=O)CN1C(=O)C(=Cc2ccc(OC)cc2OC)SC1=S. The smallest absolute Gasteiger partial charge is 0.326 e. The van der Waals surface area contributed by atoms with Gasteiger partial charge in [0, 0.05) is 11.6 Å². The van der Waals surface area contributed by atoms with Crippen LogP contribution >= 0.6 is 24.0 Å². The van der Waals surface area contributed by atoms with Crippen LogP contribution in [0.15, 0.2) is 23.1 Å². The van der Waals surface area contributed by atoms with Crippen LogP contribution in [0.25, 0.3) is 6.08 Å². The van der Waals surface area contributed by atoms with Crippen molar-refractivity contribution >= 4 is 46.3 Å². The van der Waals surface area contributed by atoms with Crippen molar-refractivity contribution in [3.05, 3.63) is 28.7 Å². The number of methoxy groups -OCH3 is 2. The summed E-state index contributed by atoms with van der Waals surface area (Å²) >= 11 is 6.32. The van der Waals surface area contributed by atoms with E-state index in [0.29, 0.717) is 20.7 Å². The maximum Gasteiger partial charge on any atom is 0.326 e. The summed E-state index contributed by atoms with van der Waals surface area (Å²) in [5.41, 5.74) is 0.718. The van der Waals surface area contributed by atoms with Crippen LogP contribution < -0.4 is 9.47 Å². The minimum atomic E-state index is -0.489. The zero-order valence-corrected chi connectivity index (χ0v) is 15.2. The van der Waals surface area contributed by atoms with Crippen LogP contribution in [0.2, 0.25) is 0 Å². The molecule has 1 aliphatic rings. The lowest BCUT2D eigenvalue weighted by Gasteiger charge is -2.12. The zero-order valence-electron chi connectivity index (χ0n) is 13.5. The van der Waals surface area contributed by atoms with E-state index in [1.807, 2.05) is 0 Å². The Kier molecular flexibility index (Phi) is 6.22. The third kappa shape index (κ3) is 4.07. The van der Waals surface area contributed by atoms with Gasteiger partial charge in [0.1, 0.15) is 22.4 Å². The third-order valence-corrected chi connectivity index (χ3v) is 4.57. The molecule has 6 nitrogen and oxygen atoms in total. The van der Waals surface area contributed by atoms with Crippen LogP contribution in [0, 0.1) is 0 Å². The molecule has 0 bridgehead atoms. The van der Waals surface area contributed by atoms with Crippen molar-refractivity contribution in [2.75, 3.05) is 27.4 Å². The maximum absolute atomic E-state index is 12.5. The molecule has 2 rings (SSSR count). The number of benzene rings is 1. The van der Waals surface area contributed by atoms with Crippen LogP contribution in [0.4, 0.5) is 0 Å². The van der Waals surface area contributed by atoms with Crippen molar-refractivity contribution in [2.45, 2.75) is 6.92 Å². The molecule has 0 atom stereocenters. The monoisotopic (exact) mass is 367 g/mol. The lowest BCUT2D eigenvalue weighted by molar-refractivity contribution is -0.145. The topological polar surface area (TPSA) is 65.1 Å². The lowest BCUT2D eigenvalue weighted by atomic mass is 10.1. The Labute approximate surface area is 149 Å². The first-order valence-electron chi connectivity index (χ1n) is 7.13. The molecule has 24 heavy (non-hydrogen) atoms. The molecule has 128 valence electrons. The molecule has 0 N–H and O–H groups in total. The molecule has 1 aromatic carbocycles. The van der Waals surface area contributed by atoms with Gasteiger partial charge in [-0.1, -0.05) is 24.0 Å². The fourth-order valence-corrected chi connectivity index (χ4v) is 3.30. The molecule has 0 radical (unpaired) electrons. The average molecular weight is 367 g/mol. The van der Waals surface area contributed by atoms with E-state index in [2.05, 4.69) is 0 Å². The predicted octanol–water partition coefficient (Wildman–Crippen LogP) is 2.47. The number of ether oxygens (including phenoxy) is 3. The van der Waals surface area contributed by atoms with Gasteiger partial charge in [0.2, 0.25) is 0 Å². The molecule has 0 aliphatic carbocycles. The van der Waals surface area contributed by atoms with Crippen LogP contribution in [0.3, 0.4) is 0 Å². The average Bonchev–Trinajstić information content (AvgIpc) is 2.83. The molecule has 8 heteroatoms. The van der Waals surface area contributed by atoms with Crippen LogP contribution in [0.5, 0.6) is 11.5 Å². The Balaban J connectivity index is 2.24. The van der Waals surface area contributed by atoms with Gasteiger partial charge in [-0.3, -0.25) is 14.5 Å². The van der Waals surface area contributed by atoms with Gasteiger partial charge < -0.3 is 14.2 Å². The third-order valence-electron chi connectivity index (χ3n) is 3.19. The number of esters is 1. The summed E-state index contributed by atoms with van der Waals surface area (Å²) in [5.74, 6) is 0.414. The van der Waals surface area contributed by atoms with E-state index in [1.165, 1.54) is 12.0 Å². The summed E-state index contributed by atoms with van der Waals surface area (Å²) in [7, 11) is 3.10. The fraction of sp³-hybridized carbons (Fsp3) is 0.312. The van der Waals surface area contributed by atoms with Crippen LogP contribution in [-0.2, 0) is 14.3 Å². The zero-order chi connectivity index (χ0) is 17.7. The molecule has 1 saturated heterocycles. The van der Waals surface area contributed by atoms with E-state index in [4.69, 9.17) is 26.4 Å². The standard InChI is InChI=1S/C16H17NO5S2/c1-4-22-14(18)9-17-15(19)13(24-16(17)23)7-10-5-6-11(20-2)8-12(10)21-3/h5-8H,4,9H2,1-3H3. The summed E-state index contributed by atoms with van der Waals surface area (Å²) in [6.07, 6.45) is 1.68. The molecule has 1 amide bonds. The van der Waals surface area contributed by atoms with Crippen molar-refractivity contribution in [3.63, 3.8) is 0 Å². The number of carbonyl (C=O) groups excluding carboxylic acids is 2. The summed E-state index contributed by atoms with van der Waals surface area (Å²) in [5, 5.41) is 0. The van der Waals surface area contributed by atoms with Gasteiger partial charge in [-0.2, -0.15) is 0 Å². The highest BCUT2D eigenvalue weighted by atomic mass is 32.2. The summed E-state index contributed by atoms with van der Waals surface area (Å²) in [6.45, 7) is 1.78. The van der Waals surface area contributed by atoms with Gasteiger partial charge in [0.05, 0.1) is 25.7 Å². The molecular formula is C16H17NO5S2. The quantitative estimate of drug-likeness (QED) is 0.435. The Hall–Kier alpha value is -2.06. The number of amides is 1.